The minimum atomic E-state index is -0.308. The maximum Gasteiger partial charge on any atom is 0.125 e. The van der Waals surface area contributed by atoms with Crippen LogP contribution in [0.15, 0.2) is 23.1 Å². The van der Waals surface area contributed by atoms with Gasteiger partial charge in [-0.15, -0.1) is 11.8 Å². The SMILES string of the molecule is N#Cc1cc(F)cc(SC2CCCCC2)c1. The fraction of sp³-hybridized carbons (Fsp3) is 0.462. The molecule has 1 saturated carbocycles. The van der Waals surface area contributed by atoms with Crippen molar-refractivity contribution >= 4 is 11.8 Å². The minimum absolute atomic E-state index is 0.308. The second kappa shape index (κ2) is 5.36. The van der Waals surface area contributed by atoms with Gasteiger partial charge in [0, 0.05) is 10.1 Å². The molecular formula is C13H14FNS. The summed E-state index contributed by atoms with van der Waals surface area (Å²) in [5.74, 6) is -0.308. The van der Waals surface area contributed by atoms with Crippen LogP contribution in [0.4, 0.5) is 4.39 Å². The van der Waals surface area contributed by atoms with Crippen molar-refractivity contribution in [3.63, 3.8) is 0 Å². The number of nitriles is 1. The van der Waals surface area contributed by atoms with E-state index in [1.807, 2.05) is 6.07 Å². The zero-order chi connectivity index (χ0) is 11.4. The number of benzene rings is 1. The van der Waals surface area contributed by atoms with E-state index in [0.717, 1.165) is 4.90 Å². The molecule has 0 spiro atoms. The molecule has 0 N–H and O–H groups in total. The van der Waals surface area contributed by atoms with Gasteiger partial charge in [-0.05, 0) is 31.0 Å². The standard InChI is InChI=1S/C13H14FNS/c14-11-6-10(9-15)7-13(8-11)16-12-4-2-1-3-5-12/h6-8,12H,1-5H2. The molecule has 3 heteroatoms. The maximum absolute atomic E-state index is 13.2. The summed E-state index contributed by atoms with van der Waals surface area (Å²) in [6.07, 6.45) is 6.30. The fourth-order valence-electron chi connectivity index (χ4n) is 2.07. The lowest BCUT2D eigenvalue weighted by Gasteiger charge is -2.20. The van der Waals surface area contributed by atoms with Gasteiger partial charge < -0.3 is 0 Å². The Morgan fingerprint density at radius 1 is 1.19 bits per heavy atom. The number of rotatable bonds is 2. The molecule has 0 heterocycles. The molecule has 84 valence electrons. The van der Waals surface area contributed by atoms with E-state index in [2.05, 4.69) is 0 Å². The summed E-state index contributed by atoms with van der Waals surface area (Å²) in [6, 6.07) is 6.58. The minimum Gasteiger partial charge on any atom is -0.207 e. The largest absolute Gasteiger partial charge is 0.207 e. The molecule has 0 aliphatic heterocycles. The molecule has 2 rings (SSSR count). The van der Waals surface area contributed by atoms with E-state index < -0.39 is 0 Å². The summed E-state index contributed by atoms with van der Waals surface area (Å²) in [7, 11) is 0. The van der Waals surface area contributed by atoms with Crippen LogP contribution in [0.25, 0.3) is 0 Å². The van der Waals surface area contributed by atoms with Crippen molar-refractivity contribution in [1.82, 2.24) is 0 Å². The summed E-state index contributed by atoms with van der Waals surface area (Å²) in [6.45, 7) is 0. The lowest BCUT2D eigenvalue weighted by Crippen LogP contribution is -2.07. The lowest BCUT2D eigenvalue weighted by molar-refractivity contribution is 0.516. The first-order valence-corrected chi connectivity index (χ1v) is 6.53. The van der Waals surface area contributed by atoms with Crippen LogP contribution in [0.1, 0.15) is 37.7 Å². The van der Waals surface area contributed by atoms with Crippen LogP contribution in [0.2, 0.25) is 0 Å². The van der Waals surface area contributed by atoms with Gasteiger partial charge in [-0.3, -0.25) is 0 Å². The van der Waals surface area contributed by atoms with E-state index in [-0.39, 0.29) is 5.82 Å². The Kier molecular flexibility index (Phi) is 3.84. The van der Waals surface area contributed by atoms with Crippen molar-refractivity contribution in [2.75, 3.05) is 0 Å². The predicted molar refractivity (Wildman–Crippen MR) is 63.8 cm³/mol. The molecule has 16 heavy (non-hydrogen) atoms. The third-order valence-corrected chi connectivity index (χ3v) is 4.17. The molecule has 1 aromatic rings. The first kappa shape index (κ1) is 11.5. The zero-order valence-electron chi connectivity index (χ0n) is 9.08. The van der Waals surface area contributed by atoms with Crippen molar-refractivity contribution in [2.45, 2.75) is 42.2 Å². The fourth-order valence-corrected chi connectivity index (χ4v) is 3.40. The normalized spacial score (nSPS) is 17.0. The Morgan fingerprint density at radius 2 is 1.94 bits per heavy atom. The highest BCUT2D eigenvalue weighted by Gasteiger charge is 2.15. The Hall–Kier alpha value is -1.01. The average Bonchev–Trinajstić information content (AvgIpc) is 2.29. The van der Waals surface area contributed by atoms with Gasteiger partial charge in [0.05, 0.1) is 11.6 Å². The molecule has 0 bridgehead atoms. The third-order valence-electron chi connectivity index (χ3n) is 2.86. The smallest absolute Gasteiger partial charge is 0.125 e. The molecule has 0 radical (unpaired) electrons. The Bertz CT molecular complexity index is 405. The summed E-state index contributed by atoms with van der Waals surface area (Å²) >= 11 is 1.72. The summed E-state index contributed by atoms with van der Waals surface area (Å²) in [4.78, 5) is 0.892. The summed E-state index contributed by atoms with van der Waals surface area (Å²) < 4.78 is 13.2. The van der Waals surface area contributed by atoms with Crippen molar-refractivity contribution in [2.24, 2.45) is 0 Å². The molecule has 0 unspecified atom stereocenters. The molecule has 1 aliphatic rings. The van der Waals surface area contributed by atoms with Crippen molar-refractivity contribution in [1.29, 1.82) is 5.26 Å². The van der Waals surface area contributed by atoms with Crippen LogP contribution in [0.3, 0.4) is 0 Å². The Morgan fingerprint density at radius 3 is 2.62 bits per heavy atom. The van der Waals surface area contributed by atoms with Crippen LogP contribution in [0, 0.1) is 17.1 Å². The van der Waals surface area contributed by atoms with Crippen LogP contribution in [-0.4, -0.2) is 5.25 Å². The van der Waals surface area contributed by atoms with Gasteiger partial charge in [-0.2, -0.15) is 5.26 Å². The van der Waals surface area contributed by atoms with E-state index in [1.165, 1.54) is 44.2 Å². The van der Waals surface area contributed by atoms with Crippen molar-refractivity contribution in [3.8, 4) is 6.07 Å². The van der Waals surface area contributed by atoms with E-state index in [9.17, 15) is 4.39 Å². The van der Waals surface area contributed by atoms with E-state index in [0.29, 0.717) is 10.8 Å². The van der Waals surface area contributed by atoms with Gasteiger partial charge in [0.15, 0.2) is 0 Å². The van der Waals surface area contributed by atoms with Crippen LogP contribution in [0.5, 0.6) is 0 Å². The number of halogens is 1. The lowest BCUT2D eigenvalue weighted by atomic mass is 10.0. The van der Waals surface area contributed by atoms with Gasteiger partial charge >= 0.3 is 0 Å². The van der Waals surface area contributed by atoms with Crippen LogP contribution >= 0.6 is 11.8 Å². The Labute approximate surface area is 99.7 Å². The highest BCUT2D eigenvalue weighted by Crippen LogP contribution is 2.34. The molecule has 1 fully saturated rings. The first-order chi connectivity index (χ1) is 7.78. The van der Waals surface area contributed by atoms with Crippen molar-refractivity contribution in [3.05, 3.63) is 29.6 Å². The number of thioether (sulfide) groups is 1. The predicted octanol–water partition coefficient (Wildman–Crippen LogP) is 4.12. The number of hydrogen-bond donors (Lipinski definition) is 0. The highest BCUT2D eigenvalue weighted by atomic mass is 32.2. The average molecular weight is 235 g/mol. The second-order valence-electron chi connectivity index (χ2n) is 4.17. The van der Waals surface area contributed by atoms with Crippen LogP contribution in [-0.2, 0) is 0 Å². The molecule has 1 aromatic carbocycles. The number of nitrogens with zero attached hydrogens (tertiary/aromatic N) is 1. The maximum atomic E-state index is 13.2. The Balaban J connectivity index is 2.08. The quantitative estimate of drug-likeness (QED) is 0.769. The highest BCUT2D eigenvalue weighted by molar-refractivity contribution is 8.00. The van der Waals surface area contributed by atoms with Gasteiger partial charge in [-0.25, -0.2) is 4.39 Å². The van der Waals surface area contributed by atoms with Gasteiger partial charge in [0.25, 0.3) is 0 Å². The number of hydrogen-bond acceptors (Lipinski definition) is 2. The topological polar surface area (TPSA) is 23.8 Å². The van der Waals surface area contributed by atoms with E-state index in [1.54, 1.807) is 17.8 Å². The van der Waals surface area contributed by atoms with E-state index in [4.69, 9.17) is 5.26 Å². The molecule has 0 amide bonds. The van der Waals surface area contributed by atoms with Gasteiger partial charge in [0.1, 0.15) is 5.82 Å². The van der Waals surface area contributed by atoms with Gasteiger partial charge in [0.2, 0.25) is 0 Å². The molecule has 0 saturated heterocycles. The first-order valence-electron chi connectivity index (χ1n) is 5.65. The second-order valence-corrected chi connectivity index (χ2v) is 5.54. The third kappa shape index (κ3) is 2.99. The van der Waals surface area contributed by atoms with Crippen LogP contribution < -0.4 is 0 Å². The summed E-state index contributed by atoms with van der Waals surface area (Å²) in [5, 5.41) is 9.37. The molecule has 1 nitrogen and oxygen atoms in total. The molecular weight excluding hydrogens is 221 g/mol. The molecule has 0 aromatic heterocycles. The van der Waals surface area contributed by atoms with Gasteiger partial charge in [-0.1, -0.05) is 19.3 Å². The summed E-state index contributed by atoms with van der Waals surface area (Å²) in [5.41, 5.74) is 0.415. The molecule has 1 aliphatic carbocycles. The van der Waals surface area contributed by atoms with E-state index >= 15 is 0 Å². The van der Waals surface area contributed by atoms with Crippen molar-refractivity contribution < 1.29 is 4.39 Å². The monoisotopic (exact) mass is 235 g/mol. The molecule has 0 atom stereocenters. The zero-order valence-corrected chi connectivity index (χ0v) is 9.89.